The molecule has 0 bridgehead atoms. The summed E-state index contributed by atoms with van der Waals surface area (Å²) in [6.07, 6.45) is 2.59. The molecule has 102 valence electrons. The average Bonchev–Trinajstić information content (AvgIpc) is 2.98. The molecule has 0 aliphatic rings. The summed E-state index contributed by atoms with van der Waals surface area (Å²) in [6.45, 7) is 2.39. The van der Waals surface area contributed by atoms with E-state index in [-0.39, 0.29) is 11.9 Å². The van der Waals surface area contributed by atoms with Crippen LogP contribution in [0.5, 0.6) is 0 Å². The van der Waals surface area contributed by atoms with E-state index >= 15 is 0 Å². The van der Waals surface area contributed by atoms with Crippen LogP contribution in [-0.2, 0) is 13.5 Å². The highest BCUT2D eigenvalue weighted by Crippen LogP contribution is 2.15. The van der Waals surface area contributed by atoms with Gasteiger partial charge in [-0.3, -0.25) is 9.48 Å². The predicted molar refractivity (Wildman–Crippen MR) is 74.0 cm³/mol. The van der Waals surface area contributed by atoms with Gasteiger partial charge in [0.1, 0.15) is 10.7 Å². The Morgan fingerprint density at radius 2 is 2.42 bits per heavy atom. The van der Waals surface area contributed by atoms with E-state index in [0.717, 1.165) is 10.7 Å². The Morgan fingerprint density at radius 1 is 1.63 bits per heavy atom. The second-order valence-electron chi connectivity index (χ2n) is 4.35. The normalized spacial score (nSPS) is 12.4. The standard InChI is InChI=1S/C12H17N5OS/c1-8(13)12-15-10(7-19-12)11(18)14-5-3-9-4-6-17(2)16-9/h4,6-8H,3,5,13H2,1-2H3,(H,14,18). The number of thiazole rings is 1. The Hall–Kier alpha value is -1.73. The van der Waals surface area contributed by atoms with Crippen LogP contribution in [0, 0.1) is 0 Å². The number of nitrogens with two attached hydrogens (primary N) is 1. The number of carbonyl (C=O) groups is 1. The van der Waals surface area contributed by atoms with Crippen LogP contribution in [0.2, 0.25) is 0 Å². The first kappa shape index (κ1) is 13.7. The number of amides is 1. The number of carbonyl (C=O) groups excluding carboxylic acids is 1. The first-order chi connectivity index (χ1) is 9.06. The predicted octanol–water partition coefficient (Wildman–Crippen LogP) is 0.869. The lowest BCUT2D eigenvalue weighted by atomic mass is 10.3. The van der Waals surface area contributed by atoms with Crippen LogP contribution >= 0.6 is 11.3 Å². The summed E-state index contributed by atoms with van der Waals surface area (Å²) in [5.41, 5.74) is 7.10. The summed E-state index contributed by atoms with van der Waals surface area (Å²) in [5, 5.41) is 9.57. The highest BCUT2D eigenvalue weighted by Gasteiger charge is 2.12. The monoisotopic (exact) mass is 279 g/mol. The Kier molecular flexibility index (Phi) is 4.28. The van der Waals surface area contributed by atoms with Crippen LogP contribution in [-0.4, -0.2) is 27.2 Å². The van der Waals surface area contributed by atoms with Crippen LogP contribution < -0.4 is 11.1 Å². The molecule has 19 heavy (non-hydrogen) atoms. The minimum atomic E-state index is -0.168. The lowest BCUT2D eigenvalue weighted by Crippen LogP contribution is -2.26. The van der Waals surface area contributed by atoms with Crippen LogP contribution in [0.3, 0.4) is 0 Å². The van der Waals surface area contributed by atoms with Gasteiger partial charge < -0.3 is 11.1 Å². The molecule has 7 heteroatoms. The van der Waals surface area contributed by atoms with E-state index < -0.39 is 0 Å². The summed E-state index contributed by atoms with van der Waals surface area (Å²) in [4.78, 5) is 16.0. The molecule has 0 aliphatic heterocycles. The number of rotatable bonds is 5. The van der Waals surface area contributed by atoms with Crippen molar-refractivity contribution in [1.29, 1.82) is 0 Å². The van der Waals surface area contributed by atoms with Gasteiger partial charge in [0.25, 0.3) is 5.91 Å². The zero-order valence-electron chi connectivity index (χ0n) is 11.0. The Labute approximate surface area is 115 Å². The second-order valence-corrected chi connectivity index (χ2v) is 5.24. The summed E-state index contributed by atoms with van der Waals surface area (Å²) in [6, 6.07) is 1.79. The summed E-state index contributed by atoms with van der Waals surface area (Å²) < 4.78 is 1.74. The molecule has 0 saturated heterocycles. The fraction of sp³-hybridized carbons (Fsp3) is 0.417. The van der Waals surface area contributed by atoms with E-state index in [1.807, 2.05) is 26.2 Å². The molecular formula is C12H17N5OS. The van der Waals surface area contributed by atoms with Crippen LogP contribution in [0.15, 0.2) is 17.6 Å². The fourth-order valence-electron chi connectivity index (χ4n) is 1.59. The fourth-order valence-corrected chi connectivity index (χ4v) is 2.35. The molecule has 6 nitrogen and oxygen atoms in total. The zero-order chi connectivity index (χ0) is 13.8. The van der Waals surface area contributed by atoms with E-state index in [1.54, 1.807) is 10.1 Å². The van der Waals surface area contributed by atoms with Gasteiger partial charge in [0, 0.05) is 31.6 Å². The maximum Gasteiger partial charge on any atom is 0.270 e. The lowest BCUT2D eigenvalue weighted by Gasteiger charge is -2.01. The first-order valence-electron chi connectivity index (χ1n) is 6.04. The molecule has 1 unspecified atom stereocenters. The summed E-state index contributed by atoms with van der Waals surface area (Å²) in [7, 11) is 1.87. The van der Waals surface area contributed by atoms with Gasteiger partial charge in [-0.25, -0.2) is 4.98 Å². The van der Waals surface area contributed by atoms with Gasteiger partial charge in [-0.15, -0.1) is 11.3 Å². The SMILES string of the molecule is CC(N)c1nc(C(=O)NCCc2ccn(C)n2)cs1. The van der Waals surface area contributed by atoms with Gasteiger partial charge in [0.2, 0.25) is 0 Å². The number of nitrogens with zero attached hydrogens (tertiary/aromatic N) is 3. The maximum atomic E-state index is 11.8. The maximum absolute atomic E-state index is 11.8. The minimum absolute atomic E-state index is 0.139. The molecule has 0 aliphatic carbocycles. The average molecular weight is 279 g/mol. The van der Waals surface area contributed by atoms with E-state index in [1.165, 1.54) is 11.3 Å². The molecule has 2 aromatic rings. The van der Waals surface area contributed by atoms with Crippen LogP contribution in [0.25, 0.3) is 0 Å². The van der Waals surface area contributed by atoms with Gasteiger partial charge in [0.15, 0.2) is 0 Å². The van der Waals surface area contributed by atoms with Crippen molar-refractivity contribution in [3.05, 3.63) is 34.0 Å². The number of hydrogen-bond acceptors (Lipinski definition) is 5. The number of nitrogens with one attached hydrogen (secondary N) is 1. The van der Waals surface area contributed by atoms with Gasteiger partial charge in [0.05, 0.1) is 11.7 Å². The van der Waals surface area contributed by atoms with Crippen molar-refractivity contribution in [3.8, 4) is 0 Å². The Bertz CT molecular complexity index is 560. The van der Waals surface area contributed by atoms with E-state index in [9.17, 15) is 4.79 Å². The quantitative estimate of drug-likeness (QED) is 0.850. The minimum Gasteiger partial charge on any atom is -0.350 e. The molecule has 2 aromatic heterocycles. The third-order valence-corrected chi connectivity index (χ3v) is 3.63. The van der Waals surface area contributed by atoms with E-state index in [2.05, 4.69) is 15.4 Å². The third-order valence-electron chi connectivity index (χ3n) is 2.58. The van der Waals surface area contributed by atoms with E-state index in [4.69, 9.17) is 5.73 Å². The number of aromatic nitrogens is 3. The Balaban J connectivity index is 1.83. The smallest absolute Gasteiger partial charge is 0.270 e. The van der Waals surface area contributed by atoms with Crippen molar-refractivity contribution >= 4 is 17.2 Å². The Morgan fingerprint density at radius 3 is 3.00 bits per heavy atom. The van der Waals surface area contributed by atoms with Crippen molar-refractivity contribution in [1.82, 2.24) is 20.1 Å². The van der Waals surface area contributed by atoms with E-state index in [0.29, 0.717) is 18.7 Å². The molecule has 0 spiro atoms. The highest BCUT2D eigenvalue weighted by molar-refractivity contribution is 7.09. The lowest BCUT2D eigenvalue weighted by molar-refractivity contribution is 0.0949. The molecule has 1 atom stereocenters. The number of hydrogen-bond donors (Lipinski definition) is 2. The van der Waals surface area contributed by atoms with Gasteiger partial charge in [-0.05, 0) is 13.0 Å². The van der Waals surface area contributed by atoms with Crippen molar-refractivity contribution < 1.29 is 4.79 Å². The molecule has 0 saturated carbocycles. The molecule has 0 fully saturated rings. The third kappa shape index (κ3) is 3.62. The van der Waals surface area contributed by atoms with Crippen molar-refractivity contribution in [2.45, 2.75) is 19.4 Å². The molecule has 0 radical (unpaired) electrons. The molecular weight excluding hydrogens is 262 g/mol. The molecule has 0 aromatic carbocycles. The van der Waals surface area contributed by atoms with Crippen molar-refractivity contribution in [3.63, 3.8) is 0 Å². The number of aryl methyl sites for hydroxylation is 1. The van der Waals surface area contributed by atoms with Gasteiger partial charge >= 0.3 is 0 Å². The molecule has 1 amide bonds. The largest absolute Gasteiger partial charge is 0.350 e. The first-order valence-corrected chi connectivity index (χ1v) is 6.92. The van der Waals surface area contributed by atoms with Crippen LogP contribution in [0.1, 0.15) is 34.2 Å². The van der Waals surface area contributed by atoms with Crippen molar-refractivity contribution in [2.75, 3.05) is 6.54 Å². The molecule has 2 rings (SSSR count). The highest BCUT2D eigenvalue weighted by atomic mass is 32.1. The summed E-state index contributed by atoms with van der Waals surface area (Å²) in [5.74, 6) is -0.168. The topological polar surface area (TPSA) is 85.8 Å². The van der Waals surface area contributed by atoms with Gasteiger partial charge in [-0.1, -0.05) is 0 Å². The van der Waals surface area contributed by atoms with Gasteiger partial charge in [-0.2, -0.15) is 5.10 Å². The van der Waals surface area contributed by atoms with Crippen LogP contribution in [0.4, 0.5) is 0 Å². The molecule has 3 N–H and O–H groups in total. The second kappa shape index (κ2) is 5.94. The summed E-state index contributed by atoms with van der Waals surface area (Å²) >= 11 is 1.41. The van der Waals surface area contributed by atoms with Crippen molar-refractivity contribution in [2.24, 2.45) is 12.8 Å². The molecule has 2 heterocycles. The zero-order valence-corrected chi connectivity index (χ0v) is 11.8.